The van der Waals surface area contributed by atoms with Crippen LogP contribution in [0.4, 0.5) is 5.69 Å². The van der Waals surface area contributed by atoms with Crippen molar-refractivity contribution >= 4 is 17.7 Å². The van der Waals surface area contributed by atoms with Crippen LogP contribution in [0.25, 0.3) is 6.08 Å². The molecule has 26 heavy (non-hydrogen) atoms. The maximum atomic E-state index is 12.4. The Morgan fingerprint density at radius 2 is 2.00 bits per heavy atom. The van der Waals surface area contributed by atoms with E-state index < -0.39 is 5.91 Å². The Bertz CT molecular complexity index is 915. The number of carbonyl (C=O) groups is 1. The van der Waals surface area contributed by atoms with Crippen molar-refractivity contribution in [2.75, 3.05) is 25.6 Å². The number of anilines is 1. The van der Waals surface area contributed by atoms with Gasteiger partial charge < -0.3 is 24.6 Å². The molecule has 0 aromatic heterocycles. The van der Waals surface area contributed by atoms with Crippen molar-refractivity contribution in [3.63, 3.8) is 0 Å². The lowest BCUT2D eigenvalue weighted by atomic mass is 10.1. The standard InChI is InChI=1S/C19H16N2O5/c1-24-16-4-2-12(9-15(16)22)8-13(11-20)19(23)21-14-3-5-17-18(10-14)26-7-6-25-17/h2-5,8-10,22H,6-7H2,1H3,(H,21,23)/b13-8-. The van der Waals surface area contributed by atoms with Crippen molar-refractivity contribution in [1.29, 1.82) is 5.26 Å². The lowest BCUT2D eigenvalue weighted by molar-refractivity contribution is -0.112. The molecule has 0 saturated carbocycles. The van der Waals surface area contributed by atoms with Crippen LogP contribution in [-0.2, 0) is 4.79 Å². The number of aromatic hydroxyl groups is 1. The minimum absolute atomic E-state index is 0.0780. The largest absolute Gasteiger partial charge is 0.504 e. The number of rotatable bonds is 4. The Hall–Kier alpha value is -3.66. The van der Waals surface area contributed by atoms with E-state index in [0.717, 1.165) is 0 Å². The van der Waals surface area contributed by atoms with E-state index in [4.69, 9.17) is 14.2 Å². The van der Waals surface area contributed by atoms with Crippen molar-refractivity contribution < 1.29 is 24.1 Å². The number of ether oxygens (including phenoxy) is 3. The molecule has 0 fully saturated rings. The first kappa shape index (κ1) is 17.2. The highest BCUT2D eigenvalue weighted by molar-refractivity contribution is 6.09. The summed E-state index contributed by atoms with van der Waals surface area (Å²) >= 11 is 0. The number of carbonyl (C=O) groups excluding carboxylic acids is 1. The highest BCUT2D eigenvalue weighted by Crippen LogP contribution is 2.33. The molecule has 1 amide bonds. The van der Waals surface area contributed by atoms with Gasteiger partial charge in [-0.05, 0) is 35.9 Å². The van der Waals surface area contributed by atoms with Crippen molar-refractivity contribution in [3.05, 3.63) is 47.5 Å². The van der Waals surface area contributed by atoms with Crippen LogP contribution in [0.2, 0.25) is 0 Å². The maximum absolute atomic E-state index is 12.4. The topological polar surface area (TPSA) is 101 Å². The molecule has 0 spiro atoms. The third-order valence-electron chi connectivity index (χ3n) is 3.68. The maximum Gasteiger partial charge on any atom is 0.266 e. The molecule has 0 aliphatic carbocycles. The summed E-state index contributed by atoms with van der Waals surface area (Å²) < 4.78 is 15.9. The van der Waals surface area contributed by atoms with E-state index in [9.17, 15) is 15.2 Å². The van der Waals surface area contributed by atoms with Gasteiger partial charge in [0.1, 0.15) is 24.9 Å². The zero-order valence-corrected chi connectivity index (χ0v) is 14.0. The van der Waals surface area contributed by atoms with E-state index in [0.29, 0.717) is 41.7 Å². The number of fused-ring (bicyclic) bond motifs is 1. The van der Waals surface area contributed by atoms with Crippen LogP contribution in [0.15, 0.2) is 42.0 Å². The van der Waals surface area contributed by atoms with Gasteiger partial charge in [-0.1, -0.05) is 6.07 Å². The number of phenolic OH excluding ortho intramolecular Hbond substituents is 1. The van der Waals surface area contributed by atoms with E-state index in [1.54, 1.807) is 30.3 Å². The second kappa shape index (κ2) is 7.49. The molecule has 0 bridgehead atoms. The van der Waals surface area contributed by atoms with Crippen LogP contribution >= 0.6 is 0 Å². The first-order valence-electron chi connectivity index (χ1n) is 7.80. The summed E-state index contributed by atoms with van der Waals surface area (Å²) in [5.41, 5.74) is 0.875. The van der Waals surface area contributed by atoms with Gasteiger partial charge in [0.15, 0.2) is 23.0 Å². The Morgan fingerprint density at radius 3 is 2.69 bits per heavy atom. The van der Waals surface area contributed by atoms with Gasteiger partial charge in [-0.3, -0.25) is 4.79 Å². The minimum atomic E-state index is -0.570. The molecule has 7 nitrogen and oxygen atoms in total. The number of nitrogens with zero attached hydrogens (tertiary/aromatic N) is 1. The van der Waals surface area contributed by atoms with Gasteiger partial charge in [-0.15, -0.1) is 0 Å². The summed E-state index contributed by atoms with van der Waals surface area (Å²) in [7, 11) is 1.44. The molecule has 2 aromatic carbocycles. The first-order chi connectivity index (χ1) is 12.6. The lowest BCUT2D eigenvalue weighted by Gasteiger charge is -2.18. The van der Waals surface area contributed by atoms with Gasteiger partial charge in [0.05, 0.1) is 7.11 Å². The van der Waals surface area contributed by atoms with Gasteiger partial charge in [0, 0.05) is 11.8 Å². The predicted molar refractivity (Wildman–Crippen MR) is 94.3 cm³/mol. The zero-order valence-electron chi connectivity index (χ0n) is 14.0. The average Bonchev–Trinajstić information content (AvgIpc) is 2.66. The number of amides is 1. The smallest absolute Gasteiger partial charge is 0.266 e. The third-order valence-corrected chi connectivity index (χ3v) is 3.68. The molecule has 0 saturated heterocycles. The van der Waals surface area contributed by atoms with Gasteiger partial charge in [0.25, 0.3) is 5.91 Å². The molecule has 0 atom stereocenters. The fraction of sp³-hybridized carbons (Fsp3) is 0.158. The molecule has 0 radical (unpaired) electrons. The fourth-order valence-electron chi connectivity index (χ4n) is 2.43. The second-order valence-corrected chi connectivity index (χ2v) is 5.41. The van der Waals surface area contributed by atoms with Gasteiger partial charge in [0.2, 0.25) is 0 Å². The third kappa shape index (κ3) is 3.70. The molecular weight excluding hydrogens is 336 g/mol. The quantitative estimate of drug-likeness (QED) is 0.648. The number of nitrogens with one attached hydrogen (secondary N) is 1. The Balaban J connectivity index is 1.79. The molecule has 2 N–H and O–H groups in total. The predicted octanol–water partition coefficient (Wildman–Crippen LogP) is 2.72. The summed E-state index contributed by atoms with van der Waals surface area (Å²) in [5, 5.41) is 21.7. The molecule has 1 aliphatic heterocycles. The number of hydrogen-bond acceptors (Lipinski definition) is 6. The van der Waals surface area contributed by atoms with Crippen molar-refractivity contribution in [2.24, 2.45) is 0 Å². The van der Waals surface area contributed by atoms with E-state index in [1.165, 1.54) is 19.3 Å². The number of hydrogen-bond donors (Lipinski definition) is 2. The Kier molecular flexibility index (Phi) is 4.94. The van der Waals surface area contributed by atoms with Crippen molar-refractivity contribution in [1.82, 2.24) is 0 Å². The highest BCUT2D eigenvalue weighted by atomic mass is 16.6. The normalized spacial score (nSPS) is 12.8. The number of benzene rings is 2. The molecule has 3 rings (SSSR count). The lowest BCUT2D eigenvalue weighted by Crippen LogP contribution is -2.17. The number of methoxy groups -OCH3 is 1. The summed E-state index contributed by atoms with van der Waals surface area (Å²) in [6, 6.07) is 11.5. The second-order valence-electron chi connectivity index (χ2n) is 5.41. The number of phenols is 1. The Morgan fingerprint density at radius 1 is 1.23 bits per heavy atom. The highest BCUT2D eigenvalue weighted by Gasteiger charge is 2.15. The molecule has 2 aromatic rings. The van der Waals surface area contributed by atoms with Crippen molar-refractivity contribution in [2.45, 2.75) is 0 Å². The average molecular weight is 352 g/mol. The van der Waals surface area contributed by atoms with Crippen LogP contribution in [-0.4, -0.2) is 31.3 Å². The Labute approximate surface area is 150 Å². The monoisotopic (exact) mass is 352 g/mol. The van der Waals surface area contributed by atoms with Gasteiger partial charge in [-0.25, -0.2) is 0 Å². The van der Waals surface area contributed by atoms with E-state index >= 15 is 0 Å². The van der Waals surface area contributed by atoms with E-state index in [2.05, 4.69) is 5.32 Å². The first-order valence-corrected chi connectivity index (χ1v) is 7.80. The summed E-state index contributed by atoms with van der Waals surface area (Å²) in [6.07, 6.45) is 1.38. The molecule has 1 heterocycles. The summed E-state index contributed by atoms with van der Waals surface area (Å²) in [5.74, 6) is 0.808. The molecular formula is C19H16N2O5. The molecule has 1 aliphatic rings. The van der Waals surface area contributed by atoms with Crippen LogP contribution in [0.5, 0.6) is 23.0 Å². The SMILES string of the molecule is COc1ccc(/C=C(/C#N)C(=O)Nc2ccc3c(c2)OCCO3)cc1O. The molecule has 132 valence electrons. The number of nitriles is 1. The minimum Gasteiger partial charge on any atom is -0.504 e. The van der Waals surface area contributed by atoms with E-state index in [1.807, 2.05) is 6.07 Å². The van der Waals surface area contributed by atoms with Crippen molar-refractivity contribution in [3.8, 4) is 29.1 Å². The van der Waals surface area contributed by atoms with Gasteiger partial charge >= 0.3 is 0 Å². The van der Waals surface area contributed by atoms with Crippen LogP contribution in [0.3, 0.4) is 0 Å². The summed E-state index contributed by atoms with van der Waals surface area (Å²) in [6.45, 7) is 0.920. The summed E-state index contributed by atoms with van der Waals surface area (Å²) in [4.78, 5) is 12.4. The van der Waals surface area contributed by atoms with E-state index in [-0.39, 0.29) is 11.3 Å². The van der Waals surface area contributed by atoms with Crippen LogP contribution in [0, 0.1) is 11.3 Å². The molecule has 7 heteroatoms. The zero-order chi connectivity index (χ0) is 18.5. The van der Waals surface area contributed by atoms with Gasteiger partial charge in [-0.2, -0.15) is 5.26 Å². The fourth-order valence-corrected chi connectivity index (χ4v) is 2.43. The van der Waals surface area contributed by atoms with Crippen LogP contribution in [0.1, 0.15) is 5.56 Å². The van der Waals surface area contributed by atoms with Crippen LogP contribution < -0.4 is 19.5 Å². The molecule has 0 unspecified atom stereocenters.